The Balaban J connectivity index is 3.36. The molecule has 44 valence electrons. The molecular formula is C2H7FNO2P. The highest BCUT2D eigenvalue weighted by Crippen LogP contribution is 2.38. The van der Waals surface area contributed by atoms with Gasteiger partial charge in [0.1, 0.15) is 0 Å². The largest absolute Gasteiger partial charge is 0.440 e. The fraction of sp³-hybridized carbons (Fsp3) is 1.00. The van der Waals surface area contributed by atoms with Crippen LogP contribution in [0.5, 0.6) is 0 Å². The summed E-state index contributed by atoms with van der Waals surface area (Å²) >= 11 is 0. The van der Waals surface area contributed by atoms with E-state index in [1.807, 2.05) is 0 Å². The quantitative estimate of drug-likeness (QED) is 0.564. The normalized spacial score (nSPS) is 18.7. The SMILES string of the molecule is CCOP(N)(=O)F. The van der Waals surface area contributed by atoms with Gasteiger partial charge in [0.2, 0.25) is 0 Å². The molecule has 1 unspecified atom stereocenters. The molecule has 0 saturated heterocycles. The maximum Gasteiger partial charge on any atom is 0.440 e. The van der Waals surface area contributed by atoms with Gasteiger partial charge in [-0.3, -0.25) is 4.52 Å². The van der Waals surface area contributed by atoms with E-state index in [0.29, 0.717) is 0 Å². The Labute approximate surface area is 41.3 Å². The summed E-state index contributed by atoms with van der Waals surface area (Å²) in [7, 11) is -4.17. The molecule has 5 heteroatoms. The van der Waals surface area contributed by atoms with Gasteiger partial charge in [-0.25, -0.2) is 10.1 Å². The van der Waals surface area contributed by atoms with Crippen molar-refractivity contribution in [2.75, 3.05) is 6.61 Å². The molecule has 0 amide bonds. The fourth-order valence-corrected chi connectivity index (χ4v) is 0.528. The van der Waals surface area contributed by atoms with Gasteiger partial charge in [0, 0.05) is 0 Å². The third kappa shape index (κ3) is 6.08. The molecule has 0 aromatic carbocycles. The molecule has 2 N–H and O–H groups in total. The van der Waals surface area contributed by atoms with E-state index in [4.69, 9.17) is 0 Å². The molecule has 0 aliphatic rings. The first kappa shape index (κ1) is 7.08. The summed E-state index contributed by atoms with van der Waals surface area (Å²) < 4.78 is 25.1. The molecule has 0 spiro atoms. The summed E-state index contributed by atoms with van der Waals surface area (Å²) in [6.07, 6.45) is 0. The van der Waals surface area contributed by atoms with Crippen LogP contribution < -0.4 is 5.50 Å². The molecule has 0 aliphatic carbocycles. The summed E-state index contributed by atoms with van der Waals surface area (Å²) in [5.41, 5.74) is 4.31. The summed E-state index contributed by atoms with van der Waals surface area (Å²) in [6, 6.07) is 0. The van der Waals surface area contributed by atoms with Gasteiger partial charge >= 0.3 is 7.83 Å². The monoisotopic (exact) mass is 127 g/mol. The molecule has 0 fully saturated rings. The van der Waals surface area contributed by atoms with Crippen molar-refractivity contribution in [1.82, 2.24) is 0 Å². The third-order valence-corrected chi connectivity index (χ3v) is 0.915. The van der Waals surface area contributed by atoms with Crippen molar-refractivity contribution in [3.63, 3.8) is 0 Å². The maximum atomic E-state index is 11.5. The van der Waals surface area contributed by atoms with Gasteiger partial charge in [-0.15, -0.1) is 4.20 Å². The van der Waals surface area contributed by atoms with Crippen LogP contribution >= 0.6 is 7.83 Å². The Morgan fingerprint density at radius 1 is 2.00 bits per heavy atom. The lowest BCUT2D eigenvalue weighted by atomic mass is 10.9. The second-order valence-corrected chi connectivity index (χ2v) is 2.24. The average molecular weight is 127 g/mol. The molecule has 7 heavy (non-hydrogen) atoms. The zero-order chi connectivity index (χ0) is 5.91. The van der Waals surface area contributed by atoms with Crippen LogP contribution in [0.25, 0.3) is 0 Å². The zero-order valence-corrected chi connectivity index (χ0v) is 4.82. The van der Waals surface area contributed by atoms with Crippen LogP contribution in [0.15, 0.2) is 0 Å². The number of rotatable bonds is 2. The fourth-order valence-electron chi connectivity index (χ4n) is 0.176. The minimum absolute atomic E-state index is 0.0459. The first-order chi connectivity index (χ1) is 3.06. The molecule has 0 aliphatic heterocycles. The van der Waals surface area contributed by atoms with E-state index in [9.17, 15) is 8.76 Å². The standard InChI is InChI=1S/C2H7FNO2P/c1-2-6-7(3,4)5/h2H2,1H3,(H2,4,5). The van der Waals surface area contributed by atoms with Crippen molar-refractivity contribution < 1.29 is 13.3 Å². The van der Waals surface area contributed by atoms with Gasteiger partial charge in [0.25, 0.3) is 0 Å². The minimum atomic E-state index is -4.17. The minimum Gasteiger partial charge on any atom is -0.294 e. The van der Waals surface area contributed by atoms with Crippen molar-refractivity contribution in [2.45, 2.75) is 6.92 Å². The van der Waals surface area contributed by atoms with Crippen LogP contribution in [0.1, 0.15) is 6.92 Å². The van der Waals surface area contributed by atoms with E-state index in [1.54, 1.807) is 0 Å². The number of nitrogens with two attached hydrogens (primary N) is 1. The Morgan fingerprint density at radius 3 is 2.43 bits per heavy atom. The van der Waals surface area contributed by atoms with Gasteiger partial charge in [0.05, 0.1) is 6.61 Å². The predicted octanol–water partition coefficient (Wildman–Crippen LogP) is 1.06. The zero-order valence-electron chi connectivity index (χ0n) is 3.93. The van der Waals surface area contributed by atoms with E-state index in [-0.39, 0.29) is 6.61 Å². The van der Waals surface area contributed by atoms with E-state index < -0.39 is 7.83 Å². The molecule has 0 saturated carbocycles. The van der Waals surface area contributed by atoms with Crippen molar-refractivity contribution in [2.24, 2.45) is 5.50 Å². The summed E-state index contributed by atoms with van der Waals surface area (Å²) in [5.74, 6) is 0. The molecule has 0 heterocycles. The molecule has 0 aromatic rings. The Hall–Kier alpha value is 0.0800. The van der Waals surface area contributed by atoms with E-state index in [1.165, 1.54) is 6.92 Å². The lowest BCUT2D eigenvalue weighted by Crippen LogP contribution is -1.92. The van der Waals surface area contributed by atoms with Gasteiger partial charge < -0.3 is 0 Å². The highest BCUT2D eigenvalue weighted by Gasteiger charge is 2.10. The number of hydrogen-bond acceptors (Lipinski definition) is 2. The van der Waals surface area contributed by atoms with Crippen LogP contribution in [-0.4, -0.2) is 6.61 Å². The van der Waals surface area contributed by atoms with Gasteiger partial charge in [0.15, 0.2) is 0 Å². The van der Waals surface area contributed by atoms with Crippen molar-refractivity contribution in [3.8, 4) is 0 Å². The van der Waals surface area contributed by atoms with Crippen molar-refractivity contribution >= 4 is 7.83 Å². The van der Waals surface area contributed by atoms with Crippen LogP contribution in [0.4, 0.5) is 4.20 Å². The van der Waals surface area contributed by atoms with Crippen LogP contribution in [0.3, 0.4) is 0 Å². The van der Waals surface area contributed by atoms with Gasteiger partial charge in [-0.05, 0) is 6.92 Å². The van der Waals surface area contributed by atoms with Crippen LogP contribution in [-0.2, 0) is 9.09 Å². The van der Waals surface area contributed by atoms with Crippen molar-refractivity contribution in [3.05, 3.63) is 0 Å². The van der Waals surface area contributed by atoms with Gasteiger partial charge in [-0.1, -0.05) is 0 Å². The molecular weight excluding hydrogens is 120 g/mol. The average Bonchev–Trinajstić information content (AvgIpc) is 1.30. The Morgan fingerprint density at radius 2 is 2.43 bits per heavy atom. The Bertz CT molecular complexity index is 89.7. The highest BCUT2D eigenvalue weighted by molar-refractivity contribution is 7.50. The molecule has 0 radical (unpaired) electrons. The summed E-state index contributed by atoms with van der Waals surface area (Å²) in [4.78, 5) is 0. The number of halogens is 1. The van der Waals surface area contributed by atoms with Gasteiger partial charge in [-0.2, -0.15) is 0 Å². The predicted molar refractivity (Wildman–Crippen MR) is 24.5 cm³/mol. The number of hydrogen-bond donors (Lipinski definition) is 1. The van der Waals surface area contributed by atoms with E-state index in [0.717, 1.165) is 0 Å². The third-order valence-electron chi connectivity index (χ3n) is 0.305. The lowest BCUT2D eigenvalue weighted by molar-refractivity contribution is 0.304. The van der Waals surface area contributed by atoms with Crippen LogP contribution in [0.2, 0.25) is 0 Å². The van der Waals surface area contributed by atoms with Crippen molar-refractivity contribution in [1.29, 1.82) is 0 Å². The molecule has 0 aromatic heterocycles. The molecule has 3 nitrogen and oxygen atoms in total. The second-order valence-electron chi connectivity index (χ2n) is 0.939. The maximum absolute atomic E-state index is 11.5. The molecule has 0 bridgehead atoms. The van der Waals surface area contributed by atoms with E-state index in [2.05, 4.69) is 10.0 Å². The van der Waals surface area contributed by atoms with Crippen LogP contribution in [0, 0.1) is 0 Å². The highest BCUT2D eigenvalue weighted by atomic mass is 31.2. The van der Waals surface area contributed by atoms with E-state index >= 15 is 0 Å². The first-order valence-corrected chi connectivity index (χ1v) is 3.37. The second kappa shape index (κ2) is 2.40. The molecule has 1 atom stereocenters. The Kier molecular flexibility index (Phi) is 2.43. The first-order valence-electron chi connectivity index (χ1n) is 1.79. The summed E-state index contributed by atoms with van der Waals surface area (Å²) in [5, 5.41) is 0. The smallest absolute Gasteiger partial charge is 0.294 e. The lowest BCUT2D eigenvalue weighted by Gasteiger charge is -1.97. The molecule has 0 rings (SSSR count). The summed E-state index contributed by atoms with van der Waals surface area (Å²) in [6.45, 7) is 1.56. The topological polar surface area (TPSA) is 52.3 Å².